The van der Waals surface area contributed by atoms with Gasteiger partial charge in [-0.1, -0.05) is 6.92 Å². The summed E-state index contributed by atoms with van der Waals surface area (Å²) in [6.45, 7) is 2.92. The Morgan fingerprint density at radius 1 is 1.05 bits per heavy atom. The summed E-state index contributed by atoms with van der Waals surface area (Å²) in [4.78, 5) is 11.8. The molecule has 3 nitrogen and oxygen atoms in total. The average Bonchev–Trinajstić information content (AvgIpc) is 2.47. The van der Waals surface area contributed by atoms with Gasteiger partial charge >= 0.3 is 5.97 Å². The average molecular weight is 310 g/mol. The van der Waals surface area contributed by atoms with Crippen LogP contribution in [0, 0.1) is 34.5 Å². The molecule has 0 bridgehead atoms. The summed E-state index contributed by atoms with van der Waals surface area (Å²) in [6, 6.07) is 0. The number of esters is 1. The van der Waals surface area contributed by atoms with E-state index in [4.69, 9.17) is 9.47 Å². The maximum Gasteiger partial charge on any atom is 0.316 e. The normalized spacial score (nSPS) is 25.9. The molecule has 0 N–H and O–H groups in total. The van der Waals surface area contributed by atoms with Crippen LogP contribution in [-0.2, 0) is 14.3 Å². The van der Waals surface area contributed by atoms with Gasteiger partial charge in [0.2, 0.25) is 12.1 Å². The molecule has 1 aromatic rings. The van der Waals surface area contributed by atoms with Crippen molar-refractivity contribution in [1.82, 2.24) is 0 Å². The Hall–Kier alpha value is -1.70. The first-order chi connectivity index (χ1) is 9.73. The molecule has 1 aliphatic heterocycles. The van der Waals surface area contributed by atoms with Gasteiger partial charge in [0.05, 0.1) is 17.6 Å². The van der Waals surface area contributed by atoms with E-state index in [0.29, 0.717) is 6.42 Å². The minimum absolute atomic E-state index is 0.257. The summed E-state index contributed by atoms with van der Waals surface area (Å²) in [7, 11) is 0. The third kappa shape index (κ3) is 2.37. The van der Waals surface area contributed by atoms with Crippen LogP contribution in [0.15, 0.2) is 0 Å². The van der Waals surface area contributed by atoms with Crippen LogP contribution in [0.25, 0.3) is 0 Å². The SMILES string of the molecule is CCC1(C)COC(c2c(F)c(F)c(F)c(F)c2F)OC1=O. The van der Waals surface area contributed by atoms with Gasteiger partial charge in [-0.15, -0.1) is 0 Å². The highest BCUT2D eigenvalue weighted by molar-refractivity contribution is 5.77. The van der Waals surface area contributed by atoms with Crippen molar-refractivity contribution in [3.8, 4) is 0 Å². The Balaban J connectivity index is 2.44. The molecule has 0 spiro atoms. The Labute approximate surface area is 116 Å². The molecule has 21 heavy (non-hydrogen) atoms. The van der Waals surface area contributed by atoms with Crippen LogP contribution in [0.2, 0.25) is 0 Å². The highest BCUT2D eigenvalue weighted by Gasteiger charge is 2.43. The number of rotatable bonds is 2. The molecule has 1 fully saturated rings. The lowest BCUT2D eigenvalue weighted by Crippen LogP contribution is -2.41. The summed E-state index contributed by atoms with van der Waals surface area (Å²) >= 11 is 0. The van der Waals surface area contributed by atoms with Gasteiger partial charge < -0.3 is 9.47 Å². The van der Waals surface area contributed by atoms with Gasteiger partial charge in [-0.2, -0.15) is 0 Å². The van der Waals surface area contributed by atoms with Crippen molar-refractivity contribution >= 4 is 5.97 Å². The lowest BCUT2D eigenvalue weighted by Gasteiger charge is -2.35. The van der Waals surface area contributed by atoms with Gasteiger partial charge in [-0.3, -0.25) is 4.79 Å². The third-order valence-electron chi connectivity index (χ3n) is 3.52. The van der Waals surface area contributed by atoms with Crippen LogP contribution < -0.4 is 0 Å². The second-order valence-corrected chi connectivity index (χ2v) is 4.95. The minimum Gasteiger partial charge on any atom is -0.431 e. The molecule has 0 aliphatic carbocycles. The van der Waals surface area contributed by atoms with E-state index in [-0.39, 0.29) is 6.61 Å². The molecule has 116 valence electrons. The maximum atomic E-state index is 13.6. The number of hydrogen-bond acceptors (Lipinski definition) is 3. The lowest BCUT2D eigenvalue weighted by atomic mass is 9.88. The van der Waals surface area contributed by atoms with E-state index in [1.165, 1.54) is 6.92 Å². The van der Waals surface area contributed by atoms with E-state index in [2.05, 4.69) is 0 Å². The number of hydrogen-bond donors (Lipinski definition) is 0. The number of ether oxygens (including phenoxy) is 2. The summed E-state index contributed by atoms with van der Waals surface area (Å²) in [6.07, 6.45) is -1.64. The molecular weight excluding hydrogens is 299 g/mol. The van der Waals surface area contributed by atoms with E-state index in [1.807, 2.05) is 0 Å². The Kier molecular flexibility index (Phi) is 3.92. The molecule has 0 amide bonds. The number of carbonyl (C=O) groups excluding carboxylic acids is 1. The van der Waals surface area contributed by atoms with E-state index in [0.717, 1.165) is 0 Å². The van der Waals surface area contributed by atoms with Crippen LogP contribution in [0.1, 0.15) is 32.1 Å². The zero-order chi connectivity index (χ0) is 15.9. The molecule has 2 atom stereocenters. The van der Waals surface area contributed by atoms with Crippen LogP contribution >= 0.6 is 0 Å². The first-order valence-corrected chi connectivity index (χ1v) is 6.07. The van der Waals surface area contributed by atoms with Gasteiger partial charge in [0.15, 0.2) is 23.3 Å². The molecule has 1 heterocycles. The second kappa shape index (κ2) is 5.25. The van der Waals surface area contributed by atoms with Gasteiger partial charge in [0, 0.05) is 0 Å². The largest absolute Gasteiger partial charge is 0.431 e. The van der Waals surface area contributed by atoms with Crippen molar-refractivity contribution < 1.29 is 36.2 Å². The van der Waals surface area contributed by atoms with Crippen molar-refractivity contribution in [3.63, 3.8) is 0 Å². The van der Waals surface area contributed by atoms with Crippen LogP contribution in [0.5, 0.6) is 0 Å². The number of benzene rings is 1. The van der Waals surface area contributed by atoms with Crippen molar-refractivity contribution in [3.05, 3.63) is 34.6 Å². The van der Waals surface area contributed by atoms with Gasteiger partial charge in [-0.05, 0) is 13.3 Å². The zero-order valence-corrected chi connectivity index (χ0v) is 11.1. The van der Waals surface area contributed by atoms with Crippen LogP contribution in [0.3, 0.4) is 0 Å². The van der Waals surface area contributed by atoms with Gasteiger partial charge in [0.25, 0.3) is 0 Å². The third-order valence-corrected chi connectivity index (χ3v) is 3.52. The molecule has 0 radical (unpaired) electrons. The first kappa shape index (κ1) is 15.7. The summed E-state index contributed by atoms with van der Waals surface area (Å²) < 4.78 is 76.0. The first-order valence-electron chi connectivity index (χ1n) is 6.07. The molecule has 2 unspecified atom stereocenters. The van der Waals surface area contributed by atoms with E-state index < -0.39 is 52.3 Å². The molecule has 0 saturated carbocycles. The highest BCUT2D eigenvalue weighted by Crippen LogP contribution is 2.38. The van der Waals surface area contributed by atoms with Crippen molar-refractivity contribution in [1.29, 1.82) is 0 Å². The minimum atomic E-state index is -2.28. The fraction of sp³-hybridized carbons (Fsp3) is 0.462. The monoisotopic (exact) mass is 310 g/mol. The van der Waals surface area contributed by atoms with E-state index in [9.17, 15) is 26.7 Å². The number of cyclic esters (lactones) is 1. The number of carbonyl (C=O) groups is 1. The quantitative estimate of drug-likeness (QED) is 0.364. The standard InChI is InChI=1S/C13H11F5O3/c1-3-13(2)4-20-11(21-12(13)19)5-6(14)8(16)10(18)9(17)7(5)15/h11H,3-4H2,1-2H3. The van der Waals surface area contributed by atoms with Crippen LogP contribution in [-0.4, -0.2) is 12.6 Å². The highest BCUT2D eigenvalue weighted by atomic mass is 19.2. The summed E-state index contributed by atoms with van der Waals surface area (Å²) in [5, 5.41) is 0. The molecule has 0 aromatic heterocycles. The van der Waals surface area contributed by atoms with Crippen LogP contribution in [0.4, 0.5) is 22.0 Å². The van der Waals surface area contributed by atoms with Gasteiger partial charge in [0.1, 0.15) is 0 Å². The lowest BCUT2D eigenvalue weighted by molar-refractivity contribution is -0.228. The van der Waals surface area contributed by atoms with E-state index in [1.54, 1.807) is 6.92 Å². The molecule has 8 heteroatoms. The summed E-state index contributed by atoms with van der Waals surface area (Å²) in [5.41, 5.74) is -2.33. The fourth-order valence-corrected chi connectivity index (χ4v) is 1.81. The predicted molar refractivity (Wildman–Crippen MR) is 59.4 cm³/mol. The number of halogens is 5. The smallest absolute Gasteiger partial charge is 0.316 e. The molecule has 1 aromatic carbocycles. The Morgan fingerprint density at radius 3 is 1.95 bits per heavy atom. The van der Waals surface area contributed by atoms with Crippen molar-refractivity contribution in [2.75, 3.05) is 6.61 Å². The Morgan fingerprint density at radius 2 is 1.52 bits per heavy atom. The van der Waals surface area contributed by atoms with E-state index >= 15 is 0 Å². The predicted octanol–water partition coefficient (Wildman–Crippen LogP) is 3.37. The second-order valence-electron chi connectivity index (χ2n) is 4.95. The van der Waals surface area contributed by atoms with Crippen molar-refractivity contribution in [2.24, 2.45) is 5.41 Å². The fourth-order valence-electron chi connectivity index (χ4n) is 1.81. The molecule has 2 rings (SSSR count). The maximum absolute atomic E-state index is 13.6. The summed E-state index contributed by atoms with van der Waals surface area (Å²) in [5.74, 6) is -11.5. The molecule has 1 saturated heterocycles. The topological polar surface area (TPSA) is 35.5 Å². The van der Waals surface area contributed by atoms with Gasteiger partial charge in [-0.25, -0.2) is 22.0 Å². The zero-order valence-electron chi connectivity index (χ0n) is 11.1. The van der Waals surface area contributed by atoms with Crippen molar-refractivity contribution in [2.45, 2.75) is 26.6 Å². The Bertz CT molecular complexity index is 575. The molecular formula is C13H11F5O3. The molecule has 1 aliphatic rings.